The van der Waals surface area contributed by atoms with Crippen LogP contribution in [0, 0.1) is 31.6 Å². The van der Waals surface area contributed by atoms with E-state index in [2.05, 4.69) is 65.1 Å². The van der Waals surface area contributed by atoms with Gasteiger partial charge in [0.1, 0.15) is 0 Å². The molecule has 1 heteroatoms. The Bertz CT molecular complexity index is 393. The standard InChI is InChI=1S/C19H33N/c1-14(2)9-19(13-20-12-15(3)4)11-18-8-7-16(5)17(6)10-18/h7-8,10,14-15,19-20H,9,11-13H2,1-6H3. The summed E-state index contributed by atoms with van der Waals surface area (Å²) in [7, 11) is 0. The van der Waals surface area contributed by atoms with Crippen LogP contribution in [0.5, 0.6) is 0 Å². The molecule has 0 aliphatic heterocycles. The van der Waals surface area contributed by atoms with Crippen molar-refractivity contribution in [2.45, 2.75) is 54.4 Å². The van der Waals surface area contributed by atoms with Gasteiger partial charge in [0.2, 0.25) is 0 Å². The first-order valence-electron chi connectivity index (χ1n) is 8.15. The molecule has 1 N–H and O–H groups in total. The molecule has 0 aliphatic rings. The molecule has 1 rings (SSSR count). The lowest BCUT2D eigenvalue weighted by Gasteiger charge is -2.21. The highest BCUT2D eigenvalue weighted by Gasteiger charge is 2.12. The molecule has 114 valence electrons. The molecule has 0 bridgehead atoms. The van der Waals surface area contributed by atoms with E-state index in [4.69, 9.17) is 0 Å². The lowest BCUT2D eigenvalue weighted by Crippen LogP contribution is -2.28. The van der Waals surface area contributed by atoms with E-state index in [9.17, 15) is 0 Å². The van der Waals surface area contributed by atoms with Gasteiger partial charge < -0.3 is 5.32 Å². The summed E-state index contributed by atoms with van der Waals surface area (Å²) in [5.74, 6) is 2.25. The molecule has 1 atom stereocenters. The number of benzene rings is 1. The summed E-state index contributed by atoms with van der Waals surface area (Å²) in [5.41, 5.74) is 4.30. The molecule has 20 heavy (non-hydrogen) atoms. The fourth-order valence-electron chi connectivity index (χ4n) is 2.75. The number of aryl methyl sites for hydroxylation is 2. The second kappa shape index (κ2) is 8.46. The molecule has 0 saturated heterocycles. The SMILES string of the molecule is Cc1ccc(CC(CNCC(C)C)CC(C)C)cc1C. The lowest BCUT2D eigenvalue weighted by molar-refractivity contribution is 0.376. The van der Waals surface area contributed by atoms with Crippen LogP contribution >= 0.6 is 0 Å². The molecule has 0 aromatic heterocycles. The van der Waals surface area contributed by atoms with Crippen LogP contribution in [0.1, 0.15) is 50.8 Å². The minimum absolute atomic E-state index is 0.733. The topological polar surface area (TPSA) is 12.0 Å². The van der Waals surface area contributed by atoms with Crippen LogP contribution in [0.4, 0.5) is 0 Å². The first-order valence-corrected chi connectivity index (χ1v) is 8.15. The fourth-order valence-corrected chi connectivity index (χ4v) is 2.75. The van der Waals surface area contributed by atoms with Crippen LogP contribution in [-0.2, 0) is 6.42 Å². The number of hydrogen-bond donors (Lipinski definition) is 1. The van der Waals surface area contributed by atoms with Crippen LogP contribution in [0.2, 0.25) is 0 Å². The highest BCUT2D eigenvalue weighted by molar-refractivity contribution is 5.30. The normalized spacial score (nSPS) is 13.2. The summed E-state index contributed by atoms with van der Waals surface area (Å²) < 4.78 is 0. The average molecular weight is 275 g/mol. The fraction of sp³-hybridized carbons (Fsp3) is 0.684. The van der Waals surface area contributed by atoms with Crippen LogP contribution in [0.15, 0.2) is 18.2 Å². The summed E-state index contributed by atoms with van der Waals surface area (Å²) in [6.45, 7) is 15.9. The smallest absolute Gasteiger partial charge is 0.00171 e. The van der Waals surface area contributed by atoms with Gasteiger partial charge in [-0.05, 0) is 74.2 Å². The van der Waals surface area contributed by atoms with E-state index in [1.54, 1.807) is 0 Å². The van der Waals surface area contributed by atoms with Gasteiger partial charge in [-0.3, -0.25) is 0 Å². The van der Waals surface area contributed by atoms with Crippen molar-refractivity contribution in [3.63, 3.8) is 0 Å². The Hall–Kier alpha value is -0.820. The third kappa shape index (κ3) is 6.56. The second-order valence-corrected chi connectivity index (χ2v) is 7.17. The zero-order valence-electron chi connectivity index (χ0n) is 14.3. The quantitative estimate of drug-likeness (QED) is 0.721. The van der Waals surface area contributed by atoms with E-state index in [0.29, 0.717) is 0 Å². The van der Waals surface area contributed by atoms with E-state index < -0.39 is 0 Å². The Morgan fingerprint density at radius 1 is 0.900 bits per heavy atom. The van der Waals surface area contributed by atoms with Crippen molar-refractivity contribution >= 4 is 0 Å². The van der Waals surface area contributed by atoms with Crippen LogP contribution < -0.4 is 5.32 Å². The average Bonchev–Trinajstić information content (AvgIpc) is 2.32. The molecular weight excluding hydrogens is 242 g/mol. The maximum atomic E-state index is 3.64. The van der Waals surface area contributed by atoms with Gasteiger partial charge in [0, 0.05) is 0 Å². The van der Waals surface area contributed by atoms with E-state index in [1.807, 2.05) is 0 Å². The minimum atomic E-state index is 0.733. The van der Waals surface area contributed by atoms with Crippen molar-refractivity contribution in [3.05, 3.63) is 34.9 Å². The Morgan fingerprint density at radius 3 is 2.15 bits per heavy atom. The monoisotopic (exact) mass is 275 g/mol. The zero-order chi connectivity index (χ0) is 15.1. The molecule has 1 aromatic carbocycles. The number of hydrogen-bond acceptors (Lipinski definition) is 1. The van der Waals surface area contributed by atoms with Crippen molar-refractivity contribution in [2.75, 3.05) is 13.1 Å². The minimum Gasteiger partial charge on any atom is -0.316 e. The predicted molar refractivity (Wildman–Crippen MR) is 90.3 cm³/mol. The maximum absolute atomic E-state index is 3.64. The molecule has 0 amide bonds. The molecule has 1 aromatic rings. The third-order valence-corrected chi connectivity index (χ3v) is 3.89. The van der Waals surface area contributed by atoms with Gasteiger partial charge in [0.05, 0.1) is 0 Å². The second-order valence-electron chi connectivity index (χ2n) is 7.17. The van der Waals surface area contributed by atoms with Gasteiger partial charge >= 0.3 is 0 Å². The molecule has 0 heterocycles. The van der Waals surface area contributed by atoms with Crippen molar-refractivity contribution in [3.8, 4) is 0 Å². The van der Waals surface area contributed by atoms with Crippen molar-refractivity contribution in [2.24, 2.45) is 17.8 Å². The molecule has 0 aliphatic carbocycles. The van der Waals surface area contributed by atoms with E-state index in [1.165, 1.54) is 29.5 Å². The molecule has 0 spiro atoms. The highest BCUT2D eigenvalue weighted by Crippen LogP contribution is 2.19. The number of rotatable bonds is 8. The number of nitrogens with one attached hydrogen (secondary N) is 1. The summed E-state index contributed by atoms with van der Waals surface area (Å²) in [6, 6.07) is 6.93. The first kappa shape index (κ1) is 17.2. The van der Waals surface area contributed by atoms with Crippen molar-refractivity contribution in [1.82, 2.24) is 5.32 Å². The van der Waals surface area contributed by atoms with E-state index >= 15 is 0 Å². The lowest BCUT2D eigenvalue weighted by atomic mass is 9.90. The summed E-state index contributed by atoms with van der Waals surface area (Å²) >= 11 is 0. The Labute approximate surface area is 126 Å². The van der Waals surface area contributed by atoms with Crippen molar-refractivity contribution < 1.29 is 0 Å². The largest absolute Gasteiger partial charge is 0.316 e. The first-order chi connectivity index (χ1) is 9.38. The molecule has 0 radical (unpaired) electrons. The third-order valence-electron chi connectivity index (χ3n) is 3.89. The highest BCUT2D eigenvalue weighted by atomic mass is 14.9. The van der Waals surface area contributed by atoms with Crippen LogP contribution in [0.3, 0.4) is 0 Å². The van der Waals surface area contributed by atoms with Gasteiger partial charge in [-0.1, -0.05) is 45.9 Å². The summed E-state index contributed by atoms with van der Waals surface area (Å²) in [6.07, 6.45) is 2.50. The van der Waals surface area contributed by atoms with Crippen LogP contribution in [0.25, 0.3) is 0 Å². The molecular formula is C19H33N. The van der Waals surface area contributed by atoms with Gasteiger partial charge in [0.25, 0.3) is 0 Å². The molecule has 0 saturated carbocycles. The molecule has 0 fully saturated rings. The van der Waals surface area contributed by atoms with Gasteiger partial charge in [0.15, 0.2) is 0 Å². The van der Waals surface area contributed by atoms with Crippen molar-refractivity contribution in [1.29, 1.82) is 0 Å². The summed E-state index contributed by atoms with van der Waals surface area (Å²) in [4.78, 5) is 0. The van der Waals surface area contributed by atoms with Gasteiger partial charge in [-0.25, -0.2) is 0 Å². The van der Waals surface area contributed by atoms with Gasteiger partial charge in [-0.2, -0.15) is 0 Å². The zero-order valence-corrected chi connectivity index (χ0v) is 14.3. The van der Waals surface area contributed by atoms with E-state index in [0.717, 1.165) is 30.8 Å². The Kier molecular flexibility index (Phi) is 7.29. The van der Waals surface area contributed by atoms with Gasteiger partial charge in [-0.15, -0.1) is 0 Å². The maximum Gasteiger partial charge on any atom is -0.00171 e. The predicted octanol–water partition coefficient (Wildman–Crippen LogP) is 4.75. The van der Waals surface area contributed by atoms with Crippen LogP contribution in [-0.4, -0.2) is 13.1 Å². The summed E-state index contributed by atoms with van der Waals surface area (Å²) in [5, 5.41) is 3.64. The van der Waals surface area contributed by atoms with E-state index in [-0.39, 0.29) is 0 Å². The Morgan fingerprint density at radius 2 is 1.60 bits per heavy atom. The molecule has 1 nitrogen and oxygen atoms in total. The Balaban J connectivity index is 2.60. The molecule has 1 unspecified atom stereocenters.